The Morgan fingerprint density at radius 1 is 0.756 bits per heavy atom. The highest BCUT2D eigenvalue weighted by Crippen LogP contribution is 2.42. The summed E-state index contributed by atoms with van der Waals surface area (Å²) in [5.74, 6) is 0.0488. The van der Waals surface area contributed by atoms with Crippen molar-refractivity contribution in [2.75, 3.05) is 31.1 Å². The lowest BCUT2D eigenvalue weighted by atomic mass is 10.1. The van der Waals surface area contributed by atoms with Crippen molar-refractivity contribution in [2.45, 2.75) is 24.9 Å². The first-order chi connectivity index (χ1) is 20.0. The first-order valence-electron chi connectivity index (χ1n) is 14.0. The first kappa shape index (κ1) is 27.1. The van der Waals surface area contributed by atoms with Gasteiger partial charge in [0.15, 0.2) is 0 Å². The zero-order valence-electron chi connectivity index (χ0n) is 23.2. The van der Waals surface area contributed by atoms with E-state index in [1.54, 1.807) is 0 Å². The van der Waals surface area contributed by atoms with Gasteiger partial charge >= 0.3 is 0 Å². The van der Waals surface area contributed by atoms with Gasteiger partial charge in [-0.1, -0.05) is 96.2 Å². The lowest BCUT2D eigenvalue weighted by molar-refractivity contribution is -0.114. The molecule has 0 unspecified atom stereocenters. The number of fused-ring (bicyclic) bond motifs is 1. The fourth-order valence-electron chi connectivity index (χ4n) is 5.30. The molecule has 206 valence electrons. The third-order valence-electron chi connectivity index (χ3n) is 7.66. The van der Waals surface area contributed by atoms with E-state index in [9.17, 15) is 9.59 Å². The Bertz CT molecular complexity index is 1560. The predicted molar refractivity (Wildman–Crippen MR) is 167 cm³/mol. The number of hydrogen-bond acceptors (Lipinski definition) is 4. The normalized spacial score (nSPS) is 16.6. The predicted octanol–water partition coefficient (Wildman–Crippen LogP) is 6.63. The molecule has 0 spiro atoms. The van der Waals surface area contributed by atoms with Crippen molar-refractivity contribution in [1.29, 1.82) is 0 Å². The largest absolute Gasteiger partial charge is 0.336 e. The van der Waals surface area contributed by atoms with Crippen LogP contribution in [0.15, 0.2) is 113 Å². The molecule has 0 atom stereocenters. The van der Waals surface area contributed by atoms with Crippen LogP contribution in [-0.2, 0) is 17.9 Å². The molecule has 0 radical (unpaired) electrons. The summed E-state index contributed by atoms with van der Waals surface area (Å²) in [5, 5.41) is 0. The van der Waals surface area contributed by atoms with Gasteiger partial charge in [0, 0.05) is 43.2 Å². The zero-order chi connectivity index (χ0) is 28.2. The molecular weight excluding hydrogens is 526 g/mol. The monoisotopic (exact) mass is 559 g/mol. The number of hydrogen-bond donors (Lipinski definition) is 0. The van der Waals surface area contributed by atoms with E-state index in [-0.39, 0.29) is 11.8 Å². The molecule has 2 aliphatic rings. The van der Waals surface area contributed by atoms with Crippen molar-refractivity contribution >= 4 is 35.3 Å². The summed E-state index contributed by atoms with van der Waals surface area (Å²) in [5.41, 5.74) is 6.10. The number of piperazine rings is 1. The van der Waals surface area contributed by atoms with E-state index in [1.165, 1.54) is 22.9 Å². The van der Waals surface area contributed by atoms with E-state index < -0.39 is 0 Å². The minimum atomic E-state index is -0.0113. The van der Waals surface area contributed by atoms with Crippen LogP contribution >= 0.6 is 11.8 Å². The van der Waals surface area contributed by atoms with Crippen LogP contribution in [0.4, 0.5) is 5.69 Å². The van der Waals surface area contributed by atoms with Crippen molar-refractivity contribution in [3.63, 3.8) is 0 Å². The maximum Gasteiger partial charge on any atom is 0.265 e. The maximum atomic E-state index is 13.7. The summed E-state index contributed by atoms with van der Waals surface area (Å²) in [7, 11) is 0. The van der Waals surface area contributed by atoms with Crippen LogP contribution in [0.25, 0.3) is 6.08 Å². The molecule has 41 heavy (non-hydrogen) atoms. The second kappa shape index (κ2) is 12.2. The topological polar surface area (TPSA) is 43.9 Å². The fraction of sp³-hybridized carbons (Fsp3) is 0.200. The standard InChI is InChI=1S/C35H33N3O2S/c1-26-11-13-29(14-12-26)25-38-31-9-5-6-10-32(31)41-33(35(38)40)23-27-15-17-30(18-16-27)34(39)37-21-19-36(20-22-37)24-28-7-3-2-4-8-28/h2-18,23H,19-22,24-25H2,1H3. The summed E-state index contributed by atoms with van der Waals surface area (Å²) in [4.78, 5) is 34.8. The van der Waals surface area contributed by atoms with Crippen LogP contribution in [0.3, 0.4) is 0 Å². The average Bonchev–Trinajstić information content (AvgIpc) is 3.01. The summed E-state index contributed by atoms with van der Waals surface area (Å²) < 4.78 is 0. The number of para-hydroxylation sites is 1. The quantitative estimate of drug-likeness (QED) is 0.249. The van der Waals surface area contributed by atoms with Gasteiger partial charge in [-0.15, -0.1) is 0 Å². The second-order valence-electron chi connectivity index (χ2n) is 10.6. The van der Waals surface area contributed by atoms with Gasteiger partial charge in [-0.05, 0) is 54.0 Å². The molecule has 0 aliphatic carbocycles. The summed E-state index contributed by atoms with van der Waals surface area (Å²) in [6.07, 6.45) is 1.93. The van der Waals surface area contributed by atoms with Crippen LogP contribution in [0.5, 0.6) is 0 Å². The van der Waals surface area contributed by atoms with E-state index >= 15 is 0 Å². The van der Waals surface area contributed by atoms with Gasteiger partial charge in [-0.3, -0.25) is 14.5 Å². The molecule has 2 aliphatic heterocycles. The lowest BCUT2D eigenvalue weighted by Gasteiger charge is -2.34. The molecule has 1 fully saturated rings. The van der Waals surface area contributed by atoms with E-state index in [4.69, 9.17) is 0 Å². The molecule has 0 N–H and O–H groups in total. The highest BCUT2D eigenvalue weighted by Gasteiger charge is 2.29. The lowest BCUT2D eigenvalue weighted by Crippen LogP contribution is -2.48. The third-order valence-corrected chi connectivity index (χ3v) is 8.73. The van der Waals surface area contributed by atoms with Crippen LogP contribution in [0, 0.1) is 6.92 Å². The van der Waals surface area contributed by atoms with Gasteiger partial charge in [0.1, 0.15) is 0 Å². The van der Waals surface area contributed by atoms with Gasteiger partial charge in [0.05, 0.1) is 17.1 Å². The molecular formula is C35H33N3O2S. The van der Waals surface area contributed by atoms with Crippen molar-refractivity contribution < 1.29 is 9.59 Å². The van der Waals surface area contributed by atoms with E-state index in [2.05, 4.69) is 66.4 Å². The molecule has 5 nitrogen and oxygen atoms in total. The molecule has 4 aromatic carbocycles. The molecule has 6 rings (SSSR count). The van der Waals surface area contributed by atoms with Crippen molar-refractivity contribution in [2.24, 2.45) is 0 Å². The Hall–Kier alpha value is -4.13. The summed E-state index contributed by atoms with van der Waals surface area (Å²) in [6.45, 7) is 6.66. The Morgan fingerprint density at radius 3 is 2.15 bits per heavy atom. The van der Waals surface area contributed by atoms with Crippen molar-refractivity contribution in [1.82, 2.24) is 9.80 Å². The van der Waals surface area contributed by atoms with Crippen LogP contribution in [0.1, 0.15) is 32.6 Å². The molecule has 6 heteroatoms. The van der Waals surface area contributed by atoms with Crippen molar-refractivity contribution in [3.8, 4) is 0 Å². The highest BCUT2D eigenvalue weighted by atomic mass is 32.2. The minimum Gasteiger partial charge on any atom is -0.336 e. The van der Waals surface area contributed by atoms with Gasteiger partial charge in [0.25, 0.3) is 11.8 Å². The smallest absolute Gasteiger partial charge is 0.265 e. The Morgan fingerprint density at radius 2 is 1.41 bits per heavy atom. The number of aryl methyl sites for hydroxylation is 1. The van der Waals surface area contributed by atoms with Gasteiger partial charge in [-0.2, -0.15) is 0 Å². The molecule has 2 amide bonds. The van der Waals surface area contributed by atoms with Gasteiger partial charge < -0.3 is 9.80 Å². The number of nitrogens with zero attached hydrogens (tertiary/aromatic N) is 3. The fourth-order valence-corrected chi connectivity index (χ4v) is 6.36. The molecule has 0 saturated carbocycles. The minimum absolute atomic E-state index is 0.0113. The molecule has 0 aromatic heterocycles. The Balaban J connectivity index is 1.13. The highest BCUT2D eigenvalue weighted by molar-refractivity contribution is 8.04. The third kappa shape index (κ3) is 6.29. The number of amides is 2. The Labute approximate surface area is 246 Å². The number of anilines is 1. The number of carbonyl (C=O) groups is 2. The summed E-state index contributed by atoms with van der Waals surface area (Å²) in [6, 6.07) is 34.4. The first-order valence-corrected chi connectivity index (χ1v) is 14.9. The van der Waals surface area contributed by atoms with E-state index in [1.807, 2.05) is 64.4 Å². The SMILES string of the molecule is Cc1ccc(CN2C(=O)C(=Cc3ccc(C(=O)N4CCN(Cc5ccccc5)CC4)cc3)Sc3ccccc32)cc1. The zero-order valence-corrected chi connectivity index (χ0v) is 24.0. The molecule has 0 bridgehead atoms. The van der Waals surface area contributed by atoms with Crippen molar-refractivity contribution in [3.05, 3.63) is 136 Å². The van der Waals surface area contributed by atoms with Crippen LogP contribution < -0.4 is 4.90 Å². The number of benzene rings is 4. The van der Waals surface area contributed by atoms with E-state index in [0.717, 1.165) is 54.4 Å². The van der Waals surface area contributed by atoms with E-state index in [0.29, 0.717) is 17.0 Å². The van der Waals surface area contributed by atoms with Gasteiger partial charge in [-0.25, -0.2) is 0 Å². The molecule has 1 saturated heterocycles. The number of carbonyl (C=O) groups excluding carboxylic acids is 2. The number of rotatable bonds is 6. The van der Waals surface area contributed by atoms with Crippen LogP contribution in [-0.4, -0.2) is 47.8 Å². The van der Waals surface area contributed by atoms with Crippen LogP contribution in [0.2, 0.25) is 0 Å². The maximum absolute atomic E-state index is 13.7. The second-order valence-corrected chi connectivity index (χ2v) is 11.7. The average molecular weight is 560 g/mol. The number of thioether (sulfide) groups is 1. The van der Waals surface area contributed by atoms with Gasteiger partial charge in [0.2, 0.25) is 0 Å². The molecule has 4 aromatic rings. The summed E-state index contributed by atoms with van der Waals surface area (Å²) >= 11 is 1.50. The Kier molecular flexibility index (Phi) is 8.03. The molecule has 2 heterocycles.